The average molecular weight is 364 g/mol. The van der Waals surface area contributed by atoms with E-state index < -0.39 is 0 Å². The van der Waals surface area contributed by atoms with Crippen LogP contribution in [0.25, 0.3) is 11.4 Å². The fourth-order valence-corrected chi connectivity index (χ4v) is 4.62. The number of nitrogens with one attached hydrogen (secondary N) is 1. The Hall–Kier alpha value is -1.43. The third kappa shape index (κ3) is 4.22. The van der Waals surface area contributed by atoms with Gasteiger partial charge < -0.3 is 14.9 Å². The van der Waals surface area contributed by atoms with Crippen LogP contribution in [0.3, 0.4) is 0 Å². The molecule has 0 unspecified atom stereocenters. The van der Waals surface area contributed by atoms with Crippen molar-refractivity contribution in [1.29, 1.82) is 0 Å². The summed E-state index contributed by atoms with van der Waals surface area (Å²) in [4.78, 5) is 4.44. The van der Waals surface area contributed by atoms with E-state index in [2.05, 4.69) is 36.2 Å². The second kappa shape index (κ2) is 7.06. The Balaban J connectivity index is 1.72. The number of hydrogen-bond donors (Lipinski definition) is 2. The quantitative estimate of drug-likeness (QED) is 0.838. The molecule has 5 nitrogen and oxygen atoms in total. The van der Waals surface area contributed by atoms with Gasteiger partial charge >= 0.3 is 0 Å². The topological polar surface area (TPSA) is 71.2 Å². The minimum Gasteiger partial charge on any atom is -0.394 e. The van der Waals surface area contributed by atoms with Crippen molar-refractivity contribution < 1.29 is 9.63 Å². The van der Waals surface area contributed by atoms with Crippen LogP contribution >= 0.6 is 11.6 Å². The molecule has 0 spiro atoms. The molecule has 1 aliphatic carbocycles. The maximum atomic E-state index is 10.0. The molecule has 136 valence electrons. The molecular formula is C19H26ClN3O2. The zero-order chi connectivity index (χ0) is 18.1. The van der Waals surface area contributed by atoms with Crippen molar-refractivity contribution in [2.24, 2.45) is 11.3 Å². The van der Waals surface area contributed by atoms with Crippen LogP contribution < -0.4 is 5.32 Å². The smallest absolute Gasteiger partial charge is 0.240 e. The van der Waals surface area contributed by atoms with Gasteiger partial charge in [-0.05, 0) is 42.7 Å². The van der Waals surface area contributed by atoms with E-state index in [9.17, 15) is 5.11 Å². The highest BCUT2D eigenvalue weighted by Crippen LogP contribution is 2.43. The van der Waals surface area contributed by atoms with Crippen molar-refractivity contribution in [1.82, 2.24) is 15.5 Å². The van der Waals surface area contributed by atoms with Crippen molar-refractivity contribution in [2.45, 2.75) is 52.1 Å². The largest absolute Gasteiger partial charge is 0.394 e. The fourth-order valence-electron chi connectivity index (χ4n) is 4.40. The van der Waals surface area contributed by atoms with Gasteiger partial charge in [0.15, 0.2) is 0 Å². The second-order valence-corrected chi connectivity index (χ2v) is 8.55. The predicted octanol–water partition coefficient (Wildman–Crippen LogP) is 4.06. The molecule has 2 N–H and O–H groups in total. The third-order valence-electron chi connectivity index (χ3n) is 4.96. The van der Waals surface area contributed by atoms with Gasteiger partial charge in [-0.3, -0.25) is 0 Å². The minimum absolute atomic E-state index is 0.103. The molecule has 1 fully saturated rings. The van der Waals surface area contributed by atoms with Gasteiger partial charge in [0, 0.05) is 11.1 Å². The molecule has 0 radical (unpaired) electrons. The number of aliphatic hydroxyl groups excluding tert-OH is 1. The minimum atomic E-state index is -0.305. The first-order chi connectivity index (χ1) is 11.8. The van der Waals surface area contributed by atoms with Crippen LogP contribution in [0.4, 0.5) is 0 Å². The molecule has 3 rings (SSSR count). The fraction of sp³-hybridized carbons (Fsp3) is 0.579. The lowest BCUT2D eigenvalue weighted by Crippen LogP contribution is -2.54. The summed E-state index contributed by atoms with van der Waals surface area (Å²) < 4.78 is 5.37. The SMILES string of the molecule is C[C@H]1CC(C)(C)C[C@](CO)(NCc2nc(-c3ccccc3Cl)no2)C1. The van der Waals surface area contributed by atoms with E-state index in [4.69, 9.17) is 16.1 Å². The van der Waals surface area contributed by atoms with E-state index in [0.29, 0.717) is 29.2 Å². The third-order valence-corrected chi connectivity index (χ3v) is 5.29. The number of aliphatic hydroxyl groups is 1. The van der Waals surface area contributed by atoms with Gasteiger partial charge in [0.25, 0.3) is 0 Å². The highest BCUT2D eigenvalue weighted by atomic mass is 35.5. The average Bonchev–Trinajstić information content (AvgIpc) is 3.00. The first-order valence-corrected chi connectivity index (χ1v) is 9.14. The van der Waals surface area contributed by atoms with Gasteiger partial charge in [-0.1, -0.05) is 49.7 Å². The summed E-state index contributed by atoms with van der Waals surface area (Å²) in [5, 5.41) is 18.2. The Labute approximate surface area is 153 Å². The highest BCUT2D eigenvalue weighted by molar-refractivity contribution is 6.33. The molecule has 1 saturated carbocycles. The number of aromatic nitrogens is 2. The van der Waals surface area contributed by atoms with Gasteiger partial charge in [0.1, 0.15) is 0 Å². The lowest BCUT2D eigenvalue weighted by Gasteiger charge is -2.47. The van der Waals surface area contributed by atoms with Crippen LogP contribution in [0.5, 0.6) is 0 Å². The lowest BCUT2D eigenvalue weighted by molar-refractivity contribution is 0.0335. The lowest BCUT2D eigenvalue weighted by atomic mass is 9.64. The number of benzene rings is 1. The summed E-state index contributed by atoms with van der Waals surface area (Å²) in [6.45, 7) is 7.30. The predicted molar refractivity (Wildman–Crippen MR) is 98.2 cm³/mol. The maximum absolute atomic E-state index is 10.0. The molecule has 6 heteroatoms. The van der Waals surface area contributed by atoms with Gasteiger partial charge in [-0.2, -0.15) is 4.98 Å². The summed E-state index contributed by atoms with van der Waals surface area (Å²) in [5.74, 6) is 1.54. The summed E-state index contributed by atoms with van der Waals surface area (Å²) in [6.07, 6.45) is 3.04. The van der Waals surface area contributed by atoms with Crippen LogP contribution in [0.1, 0.15) is 45.9 Å². The molecule has 2 atom stereocenters. The number of rotatable bonds is 5. The van der Waals surface area contributed by atoms with Crippen LogP contribution in [0, 0.1) is 11.3 Å². The standard InChI is InChI=1S/C19H26ClN3O2/c1-13-8-18(2,3)11-19(9-13,12-24)21-10-16-22-17(23-25-16)14-6-4-5-7-15(14)20/h4-7,13,21,24H,8-12H2,1-3H3/t13-,19+/m0/s1. The van der Waals surface area contributed by atoms with E-state index >= 15 is 0 Å². The van der Waals surface area contributed by atoms with Crippen molar-refractivity contribution in [3.8, 4) is 11.4 Å². The van der Waals surface area contributed by atoms with E-state index in [1.807, 2.05) is 18.2 Å². The Kier molecular flexibility index (Phi) is 5.19. The maximum Gasteiger partial charge on any atom is 0.240 e. The zero-order valence-electron chi connectivity index (χ0n) is 15.1. The highest BCUT2D eigenvalue weighted by Gasteiger charge is 2.42. The molecule has 25 heavy (non-hydrogen) atoms. The van der Waals surface area contributed by atoms with Gasteiger partial charge in [-0.25, -0.2) is 0 Å². The van der Waals surface area contributed by atoms with Gasteiger partial charge in [-0.15, -0.1) is 0 Å². The normalized spacial score (nSPS) is 25.9. The molecular weight excluding hydrogens is 338 g/mol. The van der Waals surface area contributed by atoms with Gasteiger partial charge in [0.05, 0.1) is 18.2 Å². The summed E-state index contributed by atoms with van der Waals surface area (Å²) in [7, 11) is 0. The molecule has 2 aromatic rings. The van der Waals surface area contributed by atoms with E-state index in [1.165, 1.54) is 6.42 Å². The van der Waals surface area contributed by atoms with Crippen molar-refractivity contribution in [2.75, 3.05) is 6.61 Å². The van der Waals surface area contributed by atoms with E-state index in [-0.39, 0.29) is 17.6 Å². The van der Waals surface area contributed by atoms with Crippen LogP contribution in [0.15, 0.2) is 28.8 Å². The Bertz CT molecular complexity index is 731. The van der Waals surface area contributed by atoms with Crippen molar-refractivity contribution in [3.63, 3.8) is 0 Å². The monoisotopic (exact) mass is 363 g/mol. The Morgan fingerprint density at radius 3 is 2.76 bits per heavy atom. The summed E-state index contributed by atoms with van der Waals surface area (Å²) >= 11 is 6.19. The van der Waals surface area contributed by atoms with Crippen molar-refractivity contribution in [3.05, 3.63) is 35.2 Å². The Morgan fingerprint density at radius 2 is 2.08 bits per heavy atom. The number of halogens is 1. The molecule has 0 saturated heterocycles. The molecule has 1 aromatic carbocycles. The van der Waals surface area contributed by atoms with Crippen LogP contribution in [-0.2, 0) is 6.54 Å². The number of hydrogen-bond acceptors (Lipinski definition) is 5. The Morgan fingerprint density at radius 1 is 1.32 bits per heavy atom. The number of nitrogens with zero attached hydrogens (tertiary/aromatic N) is 2. The second-order valence-electron chi connectivity index (χ2n) is 8.14. The van der Waals surface area contributed by atoms with Crippen LogP contribution in [-0.4, -0.2) is 27.4 Å². The first-order valence-electron chi connectivity index (χ1n) is 8.76. The van der Waals surface area contributed by atoms with E-state index in [0.717, 1.165) is 18.4 Å². The molecule has 1 heterocycles. The molecule has 1 aromatic heterocycles. The van der Waals surface area contributed by atoms with Gasteiger partial charge in [0.2, 0.25) is 11.7 Å². The van der Waals surface area contributed by atoms with Crippen molar-refractivity contribution >= 4 is 11.6 Å². The van der Waals surface area contributed by atoms with E-state index in [1.54, 1.807) is 6.07 Å². The molecule has 0 bridgehead atoms. The van der Waals surface area contributed by atoms with Crippen LogP contribution in [0.2, 0.25) is 5.02 Å². The first kappa shape index (κ1) is 18.4. The molecule has 0 amide bonds. The molecule has 0 aliphatic heterocycles. The summed E-state index contributed by atoms with van der Waals surface area (Å²) in [5.41, 5.74) is 0.647. The molecule has 1 aliphatic rings. The zero-order valence-corrected chi connectivity index (χ0v) is 15.8. The summed E-state index contributed by atoms with van der Waals surface area (Å²) in [6, 6.07) is 7.43.